The molecule has 1 aliphatic rings. The molecular formula is C25H31N3O2. The highest BCUT2D eigenvalue weighted by atomic mass is 16.1. The number of nitrogens with one attached hydrogen (secondary N) is 2. The van der Waals surface area contributed by atoms with Gasteiger partial charge in [0.2, 0.25) is 5.91 Å². The molecule has 1 aliphatic carbocycles. The minimum atomic E-state index is -0.364. The third-order valence-corrected chi connectivity index (χ3v) is 6.35. The lowest BCUT2D eigenvalue weighted by atomic mass is 9.83. The molecule has 2 aromatic rings. The van der Waals surface area contributed by atoms with E-state index in [1.165, 1.54) is 32.1 Å². The summed E-state index contributed by atoms with van der Waals surface area (Å²) in [5, 5.41) is 12.5. The van der Waals surface area contributed by atoms with E-state index in [-0.39, 0.29) is 23.1 Å². The van der Waals surface area contributed by atoms with E-state index >= 15 is 0 Å². The molecule has 0 spiro atoms. The number of pyridine rings is 1. The highest BCUT2D eigenvalue weighted by Crippen LogP contribution is 2.32. The Kier molecular flexibility index (Phi) is 7.46. The SMILES string of the molecule is Cc1[nH]c(=O)c(C#N)c(C)c1CCC(=O)NC(CC1CCCCC1)c1ccccc1. The van der Waals surface area contributed by atoms with Crippen molar-refractivity contribution in [3.05, 3.63) is 68.6 Å². The lowest BCUT2D eigenvalue weighted by Crippen LogP contribution is -2.31. The van der Waals surface area contributed by atoms with Crippen molar-refractivity contribution in [2.24, 2.45) is 5.92 Å². The molecule has 5 nitrogen and oxygen atoms in total. The molecule has 0 saturated heterocycles. The van der Waals surface area contributed by atoms with E-state index in [4.69, 9.17) is 0 Å². The molecule has 1 heterocycles. The molecule has 1 aromatic carbocycles. The van der Waals surface area contributed by atoms with Gasteiger partial charge < -0.3 is 10.3 Å². The molecule has 1 amide bonds. The zero-order valence-electron chi connectivity index (χ0n) is 18.0. The average molecular weight is 406 g/mol. The van der Waals surface area contributed by atoms with Gasteiger partial charge in [-0.05, 0) is 49.3 Å². The molecule has 158 valence electrons. The molecule has 1 aromatic heterocycles. The Labute approximate surface area is 178 Å². The average Bonchev–Trinajstić information content (AvgIpc) is 2.74. The number of hydrogen-bond donors (Lipinski definition) is 2. The maximum atomic E-state index is 12.8. The van der Waals surface area contributed by atoms with E-state index in [0.717, 1.165) is 23.2 Å². The standard InChI is InChI=1S/C25H31N3O2/c1-17-21(18(2)27-25(30)22(17)16-26)13-14-24(29)28-23(20-11-7-4-8-12-20)15-19-9-5-3-6-10-19/h4,7-8,11-12,19,23H,3,5-6,9-10,13-15H2,1-2H3,(H,27,30)(H,28,29). The maximum Gasteiger partial charge on any atom is 0.266 e. The predicted molar refractivity (Wildman–Crippen MR) is 118 cm³/mol. The van der Waals surface area contributed by atoms with Crippen LogP contribution in [0.15, 0.2) is 35.1 Å². The van der Waals surface area contributed by atoms with Gasteiger partial charge in [-0.3, -0.25) is 9.59 Å². The van der Waals surface area contributed by atoms with Gasteiger partial charge in [-0.1, -0.05) is 62.4 Å². The summed E-state index contributed by atoms with van der Waals surface area (Å²) in [6.07, 6.45) is 8.18. The summed E-state index contributed by atoms with van der Waals surface area (Å²) in [4.78, 5) is 27.5. The van der Waals surface area contributed by atoms with E-state index in [1.807, 2.05) is 31.2 Å². The van der Waals surface area contributed by atoms with Crippen molar-refractivity contribution in [2.75, 3.05) is 0 Å². The number of H-pyrrole nitrogens is 1. The maximum absolute atomic E-state index is 12.8. The second-order valence-electron chi connectivity index (χ2n) is 8.44. The number of aromatic nitrogens is 1. The summed E-state index contributed by atoms with van der Waals surface area (Å²) in [6.45, 7) is 3.60. The van der Waals surface area contributed by atoms with Gasteiger partial charge in [0.15, 0.2) is 0 Å². The fourth-order valence-corrected chi connectivity index (χ4v) is 4.65. The number of nitrogens with zero attached hydrogens (tertiary/aromatic N) is 1. The van der Waals surface area contributed by atoms with Crippen molar-refractivity contribution < 1.29 is 4.79 Å². The quantitative estimate of drug-likeness (QED) is 0.704. The van der Waals surface area contributed by atoms with Crippen molar-refractivity contribution in [1.29, 1.82) is 5.26 Å². The predicted octanol–water partition coefficient (Wildman–Crippen LogP) is 4.62. The van der Waals surface area contributed by atoms with Crippen LogP contribution in [-0.4, -0.2) is 10.9 Å². The topological polar surface area (TPSA) is 85.8 Å². The Morgan fingerprint density at radius 2 is 1.90 bits per heavy atom. The Balaban J connectivity index is 1.69. The molecule has 1 saturated carbocycles. The number of aromatic amines is 1. The van der Waals surface area contributed by atoms with Crippen LogP contribution >= 0.6 is 0 Å². The van der Waals surface area contributed by atoms with Gasteiger partial charge >= 0.3 is 0 Å². The van der Waals surface area contributed by atoms with E-state index < -0.39 is 0 Å². The minimum absolute atomic E-state index is 0.00294. The smallest absolute Gasteiger partial charge is 0.266 e. The van der Waals surface area contributed by atoms with Gasteiger partial charge in [-0.25, -0.2) is 0 Å². The van der Waals surface area contributed by atoms with Crippen molar-refractivity contribution in [3.63, 3.8) is 0 Å². The van der Waals surface area contributed by atoms with Gasteiger partial charge in [-0.2, -0.15) is 5.26 Å². The van der Waals surface area contributed by atoms with Crippen molar-refractivity contribution in [1.82, 2.24) is 10.3 Å². The minimum Gasteiger partial charge on any atom is -0.349 e. The molecule has 2 N–H and O–H groups in total. The van der Waals surface area contributed by atoms with Gasteiger partial charge in [-0.15, -0.1) is 0 Å². The van der Waals surface area contributed by atoms with Crippen LogP contribution in [0.5, 0.6) is 0 Å². The molecule has 0 aliphatic heterocycles. The molecule has 30 heavy (non-hydrogen) atoms. The first-order valence-corrected chi connectivity index (χ1v) is 11.0. The second kappa shape index (κ2) is 10.2. The van der Waals surface area contributed by atoms with Crippen LogP contribution in [0, 0.1) is 31.1 Å². The summed E-state index contributed by atoms with van der Waals surface area (Å²) in [7, 11) is 0. The third-order valence-electron chi connectivity index (χ3n) is 6.35. The van der Waals surface area contributed by atoms with Crippen molar-refractivity contribution in [2.45, 2.75) is 71.3 Å². The highest BCUT2D eigenvalue weighted by Gasteiger charge is 2.22. The van der Waals surface area contributed by atoms with Crippen LogP contribution in [0.2, 0.25) is 0 Å². The molecular weight excluding hydrogens is 374 g/mol. The first-order valence-electron chi connectivity index (χ1n) is 11.0. The Bertz CT molecular complexity index is 966. The lowest BCUT2D eigenvalue weighted by Gasteiger charge is -2.27. The Morgan fingerprint density at radius 3 is 2.57 bits per heavy atom. The Hall–Kier alpha value is -2.87. The molecule has 0 bridgehead atoms. The van der Waals surface area contributed by atoms with Crippen LogP contribution in [0.4, 0.5) is 0 Å². The largest absolute Gasteiger partial charge is 0.349 e. The molecule has 1 atom stereocenters. The lowest BCUT2D eigenvalue weighted by molar-refractivity contribution is -0.122. The molecule has 1 fully saturated rings. The Morgan fingerprint density at radius 1 is 1.20 bits per heavy atom. The summed E-state index contributed by atoms with van der Waals surface area (Å²) >= 11 is 0. The normalized spacial score (nSPS) is 15.4. The van der Waals surface area contributed by atoms with Crippen molar-refractivity contribution >= 4 is 5.91 Å². The molecule has 0 radical (unpaired) electrons. The highest BCUT2D eigenvalue weighted by molar-refractivity contribution is 5.76. The fourth-order valence-electron chi connectivity index (χ4n) is 4.65. The number of aryl methyl sites for hydroxylation is 1. The third kappa shape index (κ3) is 5.38. The first-order chi connectivity index (χ1) is 14.5. The van der Waals surface area contributed by atoms with Gasteiger partial charge in [0.1, 0.15) is 11.6 Å². The van der Waals surface area contributed by atoms with Gasteiger partial charge in [0.05, 0.1) is 6.04 Å². The number of hydrogen-bond acceptors (Lipinski definition) is 3. The molecule has 1 unspecified atom stereocenters. The molecule has 5 heteroatoms. The van der Waals surface area contributed by atoms with Gasteiger partial charge in [0, 0.05) is 12.1 Å². The van der Waals surface area contributed by atoms with Crippen LogP contribution in [0.1, 0.15) is 78.9 Å². The number of carbonyl (C=O) groups excluding carboxylic acids is 1. The van der Waals surface area contributed by atoms with Crippen LogP contribution in [0.3, 0.4) is 0 Å². The van der Waals surface area contributed by atoms with Crippen LogP contribution in [0.25, 0.3) is 0 Å². The second-order valence-corrected chi connectivity index (χ2v) is 8.44. The van der Waals surface area contributed by atoms with E-state index in [2.05, 4.69) is 22.4 Å². The zero-order valence-corrected chi connectivity index (χ0v) is 18.0. The fraction of sp³-hybridized carbons (Fsp3) is 0.480. The summed E-state index contributed by atoms with van der Waals surface area (Å²) in [5.74, 6) is 0.661. The van der Waals surface area contributed by atoms with E-state index in [0.29, 0.717) is 24.3 Å². The van der Waals surface area contributed by atoms with Crippen molar-refractivity contribution in [3.8, 4) is 6.07 Å². The summed E-state index contributed by atoms with van der Waals surface area (Å²) < 4.78 is 0. The number of rotatable bonds is 7. The summed E-state index contributed by atoms with van der Waals surface area (Å²) in [5.41, 5.74) is 3.21. The number of benzene rings is 1. The number of nitriles is 1. The van der Waals surface area contributed by atoms with E-state index in [9.17, 15) is 14.9 Å². The van der Waals surface area contributed by atoms with E-state index in [1.54, 1.807) is 6.92 Å². The van der Waals surface area contributed by atoms with Crippen LogP contribution < -0.4 is 10.9 Å². The number of carbonyl (C=O) groups is 1. The van der Waals surface area contributed by atoms with Gasteiger partial charge in [0.25, 0.3) is 5.56 Å². The first kappa shape index (κ1) is 21.8. The van der Waals surface area contributed by atoms with Crippen LogP contribution in [-0.2, 0) is 11.2 Å². The monoisotopic (exact) mass is 405 g/mol. The number of amides is 1. The zero-order chi connectivity index (χ0) is 21.5. The molecule has 3 rings (SSSR count). The summed E-state index contributed by atoms with van der Waals surface area (Å²) in [6, 6.07) is 12.2.